The van der Waals surface area contributed by atoms with E-state index in [0.29, 0.717) is 167 Å². The van der Waals surface area contributed by atoms with Crippen LogP contribution in [0.1, 0.15) is 56.7 Å². The molecule has 0 radical (unpaired) electrons. The highest BCUT2D eigenvalue weighted by Crippen LogP contribution is 2.30. The van der Waals surface area contributed by atoms with Gasteiger partial charge < -0.3 is 62.9 Å². The maximum atomic E-state index is 13.1. The summed E-state index contributed by atoms with van der Waals surface area (Å²) in [4.78, 5) is 44.4. The second-order valence-electron chi connectivity index (χ2n) is 18.3. The van der Waals surface area contributed by atoms with Crippen molar-refractivity contribution in [2.24, 2.45) is 4.99 Å². The van der Waals surface area contributed by atoms with Gasteiger partial charge in [0.15, 0.2) is 0 Å². The highest BCUT2D eigenvalue weighted by atomic mass is 35.5. The van der Waals surface area contributed by atoms with E-state index in [-0.39, 0.29) is 37.3 Å². The molecule has 2 N–H and O–H groups in total. The molecule has 5 aromatic rings. The number of anilines is 1. The lowest BCUT2D eigenvalue weighted by atomic mass is 10.0. The average Bonchev–Trinajstić information content (AvgIpc) is 3.92. The largest absolute Gasteiger partial charge is 0.496 e. The molecule has 22 heteroatoms. The number of amides is 3. The highest BCUT2D eigenvalue weighted by molar-refractivity contribution is 6.32. The number of methoxy groups -OCH3 is 1. The second-order valence-corrected chi connectivity index (χ2v) is 19.1. The van der Waals surface area contributed by atoms with Crippen LogP contribution >= 0.6 is 23.2 Å². The number of hydrogen-bond donors (Lipinski definition) is 2. The molecule has 1 aromatic heterocycles. The van der Waals surface area contributed by atoms with Crippen molar-refractivity contribution in [3.8, 4) is 5.75 Å². The van der Waals surface area contributed by atoms with Gasteiger partial charge in [0.2, 0.25) is 11.8 Å². The van der Waals surface area contributed by atoms with Crippen molar-refractivity contribution in [2.75, 3.05) is 150 Å². The van der Waals surface area contributed by atoms with Gasteiger partial charge in [-0.3, -0.25) is 19.4 Å². The number of aliphatic imine (C=N–C) groups is 1. The maximum absolute atomic E-state index is 13.1. The molecule has 0 aliphatic carbocycles. The summed E-state index contributed by atoms with van der Waals surface area (Å²) in [6, 6.07) is 28.6. The average molecular weight is 1160 g/mol. The minimum Gasteiger partial charge on any atom is -0.496 e. The Hall–Kier alpha value is -5.88. The first-order valence-electron chi connectivity index (χ1n) is 27.5. The fraction of sp³-hybridized carbons (Fsp3) is 0.492. The zero-order valence-corrected chi connectivity index (χ0v) is 47.8. The van der Waals surface area contributed by atoms with Crippen LogP contribution in [0.15, 0.2) is 102 Å². The quantitative estimate of drug-likeness (QED) is 0.0323. The van der Waals surface area contributed by atoms with Crippen molar-refractivity contribution in [1.82, 2.24) is 25.6 Å². The van der Waals surface area contributed by atoms with Crippen molar-refractivity contribution in [2.45, 2.75) is 45.4 Å². The number of hydrogen-bond acceptors (Lipinski definition) is 16. The zero-order valence-electron chi connectivity index (χ0n) is 46.3. The summed E-state index contributed by atoms with van der Waals surface area (Å²) in [5.41, 5.74) is 7.61. The molecular formula is C59H77Cl2N7O13. The molecule has 2 heterocycles. The van der Waals surface area contributed by atoms with E-state index in [9.17, 15) is 14.4 Å². The van der Waals surface area contributed by atoms with Gasteiger partial charge in [0, 0.05) is 53.6 Å². The lowest BCUT2D eigenvalue weighted by molar-refractivity contribution is -0.122. The normalized spacial score (nSPS) is 12.3. The first kappa shape index (κ1) is 64.3. The van der Waals surface area contributed by atoms with E-state index in [1.807, 2.05) is 60.8 Å². The van der Waals surface area contributed by atoms with E-state index in [2.05, 4.69) is 44.1 Å². The molecule has 0 atom stereocenters. The first-order chi connectivity index (χ1) is 39.8. The summed E-state index contributed by atoms with van der Waals surface area (Å²) in [6.45, 7) is 8.85. The topological polar surface area (TPSA) is 214 Å². The van der Waals surface area contributed by atoms with Gasteiger partial charge in [0.05, 0.1) is 150 Å². The second kappa shape index (κ2) is 38.8. The monoisotopic (exact) mass is 1160 g/mol. The lowest BCUT2D eigenvalue weighted by Gasteiger charge is -2.23. The fourth-order valence-electron chi connectivity index (χ4n) is 8.17. The van der Waals surface area contributed by atoms with Gasteiger partial charge in [0.25, 0.3) is 5.91 Å². The Kier molecular flexibility index (Phi) is 30.8. The van der Waals surface area contributed by atoms with Gasteiger partial charge in [-0.15, -0.1) is 16.7 Å². The van der Waals surface area contributed by atoms with E-state index in [1.165, 1.54) is 5.56 Å². The van der Waals surface area contributed by atoms with Crippen LogP contribution in [0.5, 0.6) is 5.75 Å². The van der Waals surface area contributed by atoms with Crippen molar-refractivity contribution in [3.05, 3.63) is 141 Å². The highest BCUT2D eigenvalue weighted by Gasteiger charge is 2.25. The van der Waals surface area contributed by atoms with Gasteiger partial charge in [-0.1, -0.05) is 71.4 Å². The molecule has 0 saturated carbocycles. The third-order valence-electron chi connectivity index (χ3n) is 12.4. The molecule has 0 spiro atoms. The van der Waals surface area contributed by atoms with E-state index < -0.39 is 0 Å². The molecule has 0 unspecified atom stereocenters. The number of nitrogens with one attached hydrogen (secondary N) is 2. The van der Waals surface area contributed by atoms with Crippen molar-refractivity contribution < 1.29 is 61.8 Å². The molecule has 6 rings (SSSR count). The van der Waals surface area contributed by atoms with Crippen LogP contribution in [-0.4, -0.2) is 183 Å². The Labute approximate surface area is 484 Å². The molecular weight excluding hydrogens is 1090 g/mol. The molecule has 1 aliphatic heterocycles. The van der Waals surface area contributed by atoms with Crippen molar-refractivity contribution >= 4 is 52.3 Å². The third-order valence-corrected chi connectivity index (χ3v) is 12.9. The fourth-order valence-corrected chi connectivity index (χ4v) is 8.48. The lowest BCUT2D eigenvalue weighted by Crippen LogP contribution is -2.35. The molecule has 0 bridgehead atoms. The summed E-state index contributed by atoms with van der Waals surface area (Å²) in [7, 11) is 1.67. The zero-order chi connectivity index (χ0) is 57.0. The molecule has 3 amide bonds. The van der Waals surface area contributed by atoms with Crippen LogP contribution in [0, 0.1) is 0 Å². The molecule has 0 fully saturated rings. The number of aryl methyl sites for hydroxylation is 1. The molecule has 81 heavy (non-hydrogen) atoms. The number of carbonyl (C=O) groups excluding carboxylic acids is 3. The van der Waals surface area contributed by atoms with Crippen LogP contribution < -0.4 is 20.3 Å². The number of benzene rings is 4. The van der Waals surface area contributed by atoms with Gasteiger partial charge in [0.1, 0.15) is 18.0 Å². The minimum absolute atomic E-state index is 0.0373. The number of aromatic nitrogens is 3. The molecule has 440 valence electrons. The maximum Gasteiger partial charge on any atom is 0.251 e. The van der Waals surface area contributed by atoms with Crippen molar-refractivity contribution in [3.63, 3.8) is 0 Å². The van der Waals surface area contributed by atoms with Gasteiger partial charge in [-0.25, -0.2) is 4.68 Å². The third kappa shape index (κ3) is 24.6. The molecule has 4 aromatic carbocycles. The summed E-state index contributed by atoms with van der Waals surface area (Å²) in [5, 5.41) is 14.6. The minimum atomic E-state index is -0.191. The Bertz CT molecular complexity index is 2630. The number of halogens is 2. The standard InChI is InChI=1S/C59H77Cl2N7O13/c1-72-55-40-46(6-5-19-60)9-12-48(55)17-23-73-25-20-62-59(71)50-13-10-47(11-14-50)42-63-56(69)18-24-74-28-29-75-26-21-67-44-52(65-66-67)45-81-39-38-80-37-36-79-35-34-78-33-32-77-31-30-76-27-22-68-54-16-15-51(61)41-53(54)58(64-43-57(68)70)49-7-3-2-4-8-49/h2-4,7-16,40-41,44H,5-6,17-39,42-43,45H2,1H3,(H,62,71)(H,63,69). The number of benzodiazepines with no additional fused rings is 1. The number of ether oxygens (including phenoxy) is 10. The van der Waals surface area contributed by atoms with Crippen molar-refractivity contribution in [1.29, 1.82) is 0 Å². The Morgan fingerprint density at radius 3 is 1.95 bits per heavy atom. The predicted octanol–water partition coefficient (Wildman–Crippen LogP) is 6.32. The van der Waals surface area contributed by atoms with E-state index in [1.54, 1.807) is 34.9 Å². The summed E-state index contributed by atoms with van der Waals surface area (Å²) >= 11 is 12.2. The van der Waals surface area contributed by atoms with Gasteiger partial charge in [-0.2, -0.15) is 0 Å². The van der Waals surface area contributed by atoms with Crippen LogP contribution in [0.25, 0.3) is 0 Å². The number of nitrogens with zero attached hydrogens (tertiary/aromatic N) is 5. The number of fused-ring (bicyclic) bond motifs is 1. The molecule has 20 nitrogen and oxygen atoms in total. The van der Waals surface area contributed by atoms with Gasteiger partial charge in [-0.05, 0) is 72.4 Å². The Morgan fingerprint density at radius 2 is 1.27 bits per heavy atom. The van der Waals surface area contributed by atoms with E-state index in [0.717, 1.165) is 52.2 Å². The molecule has 1 aliphatic rings. The van der Waals surface area contributed by atoms with Crippen LogP contribution in [0.3, 0.4) is 0 Å². The number of rotatable bonds is 43. The van der Waals surface area contributed by atoms with Crippen LogP contribution in [-0.2, 0) is 84.8 Å². The summed E-state index contributed by atoms with van der Waals surface area (Å²) in [5.74, 6) is 1.04. The molecule has 0 saturated heterocycles. The summed E-state index contributed by atoms with van der Waals surface area (Å²) in [6.07, 6.45) is 4.57. The first-order valence-corrected chi connectivity index (χ1v) is 28.4. The van der Waals surface area contributed by atoms with Crippen LogP contribution in [0.2, 0.25) is 5.02 Å². The van der Waals surface area contributed by atoms with Crippen LogP contribution in [0.4, 0.5) is 5.69 Å². The smallest absolute Gasteiger partial charge is 0.251 e. The number of carbonyl (C=O) groups is 3. The number of alkyl halides is 1. The SMILES string of the molecule is COc1cc(CCCCl)ccc1CCOCCNC(=O)c1ccc(CNC(=O)CCOCCOCCn2cc(COCCOCCOCCOCCOCCOCCN3C(=O)CN=C(c4ccccc4)c4cc(Cl)ccc43)nn2)cc1. The van der Waals surface area contributed by atoms with E-state index in [4.69, 9.17) is 70.6 Å². The Balaban J connectivity index is 0.660. The Morgan fingerprint density at radius 1 is 0.642 bits per heavy atom. The van der Waals surface area contributed by atoms with Gasteiger partial charge >= 0.3 is 0 Å². The van der Waals surface area contributed by atoms with E-state index >= 15 is 0 Å². The summed E-state index contributed by atoms with van der Waals surface area (Å²) < 4.78 is 58.0. The predicted molar refractivity (Wildman–Crippen MR) is 308 cm³/mol.